The summed E-state index contributed by atoms with van der Waals surface area (Å²) in [6, 6.07) is 7.90. The number of benzene rings is 1. The minimum atomic E-state index is -0.646. The van der Waals surface area contributed by atoms with Gasteiger partial charge in [-0.1, -0.05) is 0 Å². The fraction of sp³-hybridized carbons (Fsp3) is 0.333. The molecule has 0 bridgehead atoms. The number of thioether (sulfide) groups is 1. The van der Waals surface area contributed by atoms with E-state index >= 15 is 0 Å². The molecule has 2 heterocycles. The van der Waals surface area contributed by atoms with Crippen molar-refractivity contribution in [3.8, 4) is 6.07 Å². The van der Waals surface area contributed by atoms with Crippen molar-refractivity contribution in [3.05, 3.63) is 52.3 Å². The molecule has 9 heteroatoms. The second-order valence-electron chi connectivity index (χ2n) is 6.81. The molecule has 0 radical (unpaired) electrons. The number of carbonyl (C=O) groups is 3. The quantitative estimate of drug-likeness (QED) is 0.711. The van der Waals surface area contributed by atoms with E-state index in [2.05, 4.69) is 10.3 Å². The molecule has 1 saturated heterocycles. The maximum absolute atomic E-state index is 13.2. The fourth-order valence-corrected chi connectivity index (χ4v) is 4.48. The summed E-state index contributed by atoms with van der Waals surface area (Å²) in [5, 5.41) is 11.7. The smallest absolute Gasteiger partial charge is 0.340 e. The van der Waals surface area contributed by atoms with Gasteiger partial charge in [0.15, 0.2) is 0 Å². The number of aromatic amines is 1. The van der Waals surface area contributed by atoms with Gasteiger partial charge in [0.25, 0.3) is 5.91 Å². The number of hydrogen-bond donors (Lipinski definition) is 2. The van der Waals surface area contributed by atoms with Crippen LogP contribution in [-0.2, 0) is 9.53 Å². The lowest BCUT2D eigenvalue weighted by Crippen LogP contribution is -2.44. The molecule has 2 N–H and O–H groups in total. The molecule has 0 saturated carbocycles. The molecule has 0 spiro atoms. The SMILES string of the molecule is CCOC(=O)c1c(C)[nH]c(C(=O)N2CSCC2C(=O)Nc2ccc(C#N)cc2)c1C. The minimum absolute atomic E-state index is 0.243. The Bertz CT molecular complexity index is 1020. The summed E-state index contributed by atoms with van der Waals surface area (Å²) in [5.74, 6) is -0.275. The number of anilines is 1. The van der Waals surface area contributed by atoms with Gasteiger partial charge >= 0.3 is 5.97 Å². The van der Waals surface area contributed by atoms with Crippen LogP contribution in [0.25, 0.3) is 0 Å². The van der Waals surface area contributed by atoms with Crippen molar-refractivity contribution in [2.75, 3.05) is 23.6 Å². The van der Waals surface area contributed by atoms with Crippen molar-refractivity contribution in [2.24, 2.45) is 0 Å². The van der Waals surface area contributed by atoms with E-state index in [0.29, 0.717) is 39.7 Å². The normalized spacial score (nSPS) is 15.5. The molecule has 2 amide bonds. The maximum atomic E-state index is 13.2. The first kappa shape index (κ1) is 21.5. The van der Waals surface area contributed by atoms with Crippen LogP contribution >= 0.6 is 11.8 Å². The third-order valence-corrected chi connectivity index (χ3v) is 5.87. The molecule has 30 heavy (non-hydrogen) atoms. The number of carbonyl (C=O) groups excluding carboxylic acids is 3. The number of aryl methyl sites for hydroxylation is 1. The lowest BCUT2D eigenvalue weighted by Gasteiger charge is -2.23. The third-order valence-electron chi connectivity index (χ3n) is 4.86. The Labute approximate surface area is 178 Å². The minimum Gasteiger partial charge on any atom is -0.462 e. The summed E-state index contributed by atoms with van der Waals surface area (Å²) in [5.41, 5.74) is 2.76. The van der Waals surface area contributed by atoms with E-state index in [1.165, 1.54) is 16.7 Å². The van der Waals surface area contributed by atoms with E-state index in [1.807, 2.05) is 6.07 Å². The Morgan fingerprint density at radius 3 is 2.63 bits per heavy atom. The number of aromatic nitrogens is 1. The Morgan fingerprint density at radius 2 is 2.00 bits per heavy atom. The van der Waals surface area contributed by atoms with Gasteiger partial charge < -0.3 is 19.9 Å². The lowest BCUT2D eigenvalue weighted by molar-refractivity contribution is -0.119. The third kappa shape index (κ3) is 4.19. The number of rotatable bonds is 5. The van der Waals surface area contributed by atoms with E-state index < -0.39 is 12.0 Å². The van der Waals surface area contributed by atoms with Gasteiger partial charge in [0.05, 0.1) is 29.7 Å². The van der Waals surface area contributed by atoms with Crippen molar-refractivity contribution in [1.82, 2.24) is 9.88 Å². The summed E-state index contributed by atoms with van der Waals surface area (Å²) >= 11 is 1.49. The van der Waals surface area contributed by atoms with Gasteiger partial charge in [0.2, 0.25) is 5.91 Å². The summed E-state index contributed by atoms with van der Waals surface area (Å²) in [6.45, 7) is 5.37. The van der Waals surface area contributed by atoms with Crippen LogP contribution in [0.3, 0.4) is 0 Å². The number of H-pyrrole nitrogens is 1. The van der Waals surface area contributed by atoms with Crippen LogP contribution in [0.5, 0.6) is 0 Å². The number of amides is 2. The molecule has 1 aliphatic heterocycles. The lowest BCUT2D eigenvalue weighted by atomic mass is 10.1. The van der Waals surface area contributed by atoms with Gasteiger partial charge in [-0.3, -0.25) is 9.59 Å². The Kier molecular flexibility index (Phi) is 6.47. The van der Waals surface area contributed by atoms with Crippen LogP contribution in [0.15, 0.2) is 24.3 Å². The van der Waals surface area contributed by atoms with E-state index in [9.17, 15) is 14.4 Å². The number of ether oxygens (including phenoxy) is 1. The predicted octanol–water partition coefficient (Wildman–Crippen LogP) is 2.83. The first-order chi connectivity index (χ1) is 14.4. The van der Waals surface area contributed by atoms with Crippen LogP contribution in [0.1, 0.15) is 44.6 Å². The first-order valence-electron chi connectivity index (χ1n) is 9.43. The van der Waals surface area contributed by atoms with Crippen molar-refractivity contribution in [3.63, 3.8) is 0 Å². The van der Waals surface area contributed by atoms with Crippen molar-refractivity contribution >= 4 is 35.2 Å². The summed E-state index contributed by atoms with van der Waals surface area (Å²) < 4.78 is 5.08. The molecule has 1 fully saturated rings. The van der Waals surface area contributed by atoms with Crippen molar-refractivity contribution in [2.45, 2.75) is 26.8 Å². The molecular weight excluding hydrogens is 404 g/mol. The van der Waals surface area contributed by atoms with E-state index in [1.54, 1.807) is 45.0 Å². The second kappa shape index (κ2) is 9.05. The summed E-state index contributed by atoms with van der Waals surface area (Å²) in [4.78, 5) is 42.7. The van der Waals surface area contributed by atoms with Gasteiger partial charge in [-0.05, 0) is 50.6 Å². The molecule has 1 atom stereocenters. The van der Waals surface area contributed by atoms with E-state index in [4.69, 9.17) is 10.00 Å². The largest absolute Gasteiger partial charge is 0.462 e. The standard InChI is InChI=1S/C21H22N4O4S/c1-4-29-21(28)17-12(2)18(23-13(17)3)20(27)25-11-30-10-16(25)19(26)24-15-7-5-14(9-22)6-8-15/h5-8,16,23H,4,10-11H2,1-3H3,(H,24,26). The number of nitrogens with zero attached hydrogens (tertiary/aromatic N) is 2. The number of hydrogen-bond acceptors (Lipinski definition) is 6. The van der Waals surface area contributed by atoms with Crippen LogP contribution < -0.4 is 5.32 Å². The van der Waals surface area contributed by atoms with Gasteiger partial charge in [-0.15, -0.1) is 11.8 Å². The molecule has 1 aromatic heterocycles. The zero-order valence-corrected chi connectivity index (χ0v) is 17.8. The molecule has 3 rings (SSSR count). The average molecular weight is 426 g/mol. The van der Waals surface area contributed by atoms with Gasteiger partial charge in [0, 0.05) is 17.1 Å². The Balaban J connectivity index is 1.79. The van der Waals surface area contributed by atoms with Gasteiger partial charge in [0.1, 0.15) is 11.7 Å². The maximum Gasteiger partial charge on any atom is 0.340 e. The number of nitriles is 1. The Morgan fingerprint density at radius 1 is 1.30 bits per heavy atom. The molecule has 2 aromatic rings. The first-order valence-corrected chi connectivity index (χ1v) is 10.6. The highest BCUT2D eigenvalue weighted by Crippen LogP contribution is 2.27. The molecule has 0 aliphatic carbocycles. The zero-order valence-electron chi connectivity index (χ0n) is 16.9. The number of nitrogens with one attached hydrogen (secondary N) is 2. The fourth-order valence-electron chi connectivity index (χ4n) is 3.33. The van der Waals surface area contributed by atoms with Crippen LogP contribution in [-0.4, -0.2) is 51.9 Å². The molecule has 8 nitrogen and oxygen atoms in total. The average Bonchev–Trinajstić information content (AvgIpc) is 3.33. The van der Waals surface area contributed by atoms with Crippen LogP contribution in [0, 0.1) is 25.2 Å². The van der Waals surface area contributed by atoms with Crippen LogP contribution in [0.4, 0.5) is 5.69 Å². The monoisotopic (exact) mass is 426 g/mol. The Hall–Kier alpha value is -3.25. The van der Waals surface area contributed by atoms with Gasteiger partial charge in [-0.2, -0.15) is 5.26 Å². The highest BCUT2D eigenvalue weighted by molar-refractivity contribution is 7.99. The molecular formula is C21H22N4O4S. The zero-order chi connectivity index (χ0) is 21.8. The highest BCUT2D eigenvalue weighted by Gasteiger charge is 2.37. The summed E-state index contributed by atoms with van der Waals surface area (Å²) in [6.07, 6.45) is 0. The molecule has 1 aliphatic rings. The molecule has 156 valence electrons. The van der Waals surface area contributed by atoms with E-state index in [0.717, 1.165) is 0 Å². The molecule has 1 unspecified atom stereocenters. The van der Waals surface area contributed by atoms with Gasteiger partial charge in [-0.25, -0.2) is 4.79 Å². The van der Waals surface area contributed by atoms with E-state index in [-0.39, 0.29) is 24.1 Å². The summed E-state index contributed by atoms with van der Waals surface area (Å²) in [7, 11) is 0. The topological polar surface area (TPSA) is 115 Å². The molecule has 1 aromatic carbocycles. The van der Waals surface area contributed by atoms with Crippen LogP contribution in [0.2, 0.25) is 0 Å². The second-order valence-corrected chi connectivity index (χ2v) is 7.81. The highest BCUT2D eigenvalue weighted by atomic mass is 32.2. The predicted molar refractivity (Wildman–Crippen MR) is 113 cm³/mol. The van der Waals surface area contributed by atoms with Crippen molar-refractivity contribution in [1.29, 1.82) is 5.26 Å². The van der Waals surface area contributed by atoms with Crippen molar-refractivity contribution < 1.29 is 19.1 Å². The number of esters is 1.